The Morgan fingerprint density at radius 2 is 1.72 bits per heavy atom. The molecule has 25 heavy (non-hydrogen) atoms. The number of aromatic nitrogens is 1. The number of esters is 2. The highest BCUT2D eigenvalue weighted by Gasteiger charge is 2.22. The van der Waals surface area contributed by atoms with Crippen LogP contribution in [0.15, 0.2) is 42.5 Å². The first kappa shape index (κ1) is 16.7. The number of aliphatic hydroxyl groups excluding tert-OH is 1. The van der Waals surface area contributed by atoms with Crippen LogP contribution in [-0.2, 0) is 16.1 Å². The Hall–Kier alpha value is -3.12. The molecule has 2 N–H and O–H groups in total. The minimum absolute atomic E-state index is 0.197. The van der Waals surface area contributed by atoms with E-state index in [0.717, 1.165) is 5.56 Å². The molecule has 6 heteroatoms. The maximum absolute atomic E-state index is 12.2. The van der Waals surface area contributed by atoms with Gasteiger partial charge in [0.25, 0.3) is 0 Å². The molecule has 0 saturated heterocycles. The van der Waals surface area contributed by atoms with Crippen LogP contribution in [-0.4, -0.2) is 36.2 Å². The van der Waals surface area contributed by atoms with Crippen LogP contribution in [0.4, 0.5) is 0 Å². The number of carbonyl (C=O) groups excluding carboxylic acids is 2. The Kier molecular flexibility index (Phi) is 4.54. The number of hydrogen-bond donors (Lipinski definition) is 2. The predicted octanol–water partition coefficient (Wildman–Crippen LogP) is 2.90. The maximum atomic E-state index is 12.2. The highest BCUT2D eigenvalue weighted by Crippen LogP contribution is 2.34. The molecule has 128 valence electrons. The van der Waals surface area contributed by atoms with Crippen molar-refractivity contribution in [1.29, 1.82) is 0 Å². The molecule has 3 rings (SSSR count). The fourth-order valence-corrected chi connectivity index (χ4v) is 2.92. The molecular formula is C19H17NO5. The van der Waals surface area contributed by atoms with E-state index < -0.39 is 11.9 Å². The van der Waals surface area contributed by atoms with Gasteiger partial charge in [0.15, 0.2) is 0 Å². The summed E-state index contributed by atoms with van der Waals surface area (Å²) in [4.78, 5) is 27.3. The zero-order valence-corrected chi connectivity index (χ0v) is 13.8. The molecular weight excluding hydrogens is 322 g/mol. The molecule has 1 aromatic heterocycles. The van der Waals surface area contributed by atoms with Gasteiger partial charge in [-0.15, -0.1) is 0 Å². The number of nitrogens with one attached hydrogen (secondary N) is 1. The summed E-state index contributed by atoms with van der Waals surface area (Å²) in [7, 11) is 2.54. The van der Waals surface area contributed by atoms with E-state index in [1.54, 1.807) is 6.07 Å². The van der Waals surface area contributed by atoms with Crippen molar-refractivity contribution in [3.8, 4) is 11.3 Å². The standard InChI is InChI=1S/C19H17NO5/c1-24-18(22)12-8-13(19(23)25-2)16-14(10-21)17(20-15(16)9-12)11-6-4-3-5-7-11/h3-9,20-21H,10H2,1-2H3. The first-order valence-corrected chi connectivity index (χ1v) is 7.62. The third-order valence-electron chi connectivity index (χ3n) is 4.05. The lowest BCUT2D eigenvalue weighted by Gasteiger charge is -2.07. The quantitative estimate of drug-likeness (QED) is 0.714. The highest BCUT2D eigenvalue weighted by atomic mass is 16.5. The van der Waals surface area contributed by atoms with Crippen molar-refractivity contribution in [1.82, 2.24) is 4.98 Å². The summed E-state index contributed by atoms with van der Waals surface area (Å²) >= 11 is 0. The van der Waals surface area contributed by atoms with Gasteiger partial charge in [-0.2, -0.15) is 0 Å². The Bertz CT molecular complexity index is 943. The van der Waals surface area contributed by atoms with E-state index in [9.17, 15) is 14.7 Å². The highest BCUT2D eigenvalue weighted by molar-refractivity contribution is 6.10. The second kappa shape index (κ2) is 6.78. The van der Waals surface area contributed by atoms with Crippen molar-refractivity contribution in [3.05, 3.63) is 59.2 Å². The van der Waals surface area contributed by atoms with Gasteiger partial charge in [-0.05, 0) is 17.7 Å². The fourth-order valence-electron chi connectivity index (χ4n) is 2.92. The molecule has 0 atom stereocenters. The Labute approximate surface area is 144 Å². The molecule has 6 nitrogen and oxygen atoms in total. The van der Waals surface area contributed by atoms with Gasteiger partial charge in [-0.25, -0.2) is 9.59 Å². The molecule has 0 radical (unpaired) electrons. The van der Waals surface area contributed by atoms with E-state index in [1.165, 1.54) is 20.3 Å². The zero-order chi connectivity index (χ0) is 18.0. The van der Waals surface area contributed by atoms with Crippen LogP contribution in [0.25, 0.3) is 22.2 Å². The molecule has 0 saturated carbocycles. The van der Waals surface area contributed by atoms with E-state index in [-0.39, 0.29) is 17.7 Å². The monoisotopic (exact) mass is 339 g/mol. The molecule has 3 aromatic rings. The molecule has 1 heterocycles. The number of methoxy groups -OCH3 is 2. The number of rotatable bonds is 4. The normalized spacial score (nSPS) is 10.7. The summed E-state index contributed by atoms with van der Waals surface area (Å²) in [6.45, 7) is -0.272. The summed E-state index contributed by atoms with van der Waals surface area (Å²) in [6, 6.07) is 12.4. The number of H-pyrrole nitrogens is 1. The largest absolute Gasteiger partial charge is 0.465 e. The van der Waals surface area contributed by atoms with Crippen LogP contribution in [0, 0.1) is 0 Å². The maximum Gasteiger partial charge on any atom is 0.338 e. The minimum atomic E-state index is -0.593. The molecule has 0 bridgehead atoms. The molecule has 0 aliphatic heterocycles. The van der Waals surface area contributed by atoms with Gasteiger partial charge in [0.05, 0.1) is 37.6 Å². The van der Waals surface area contributed by atoms with Gasteiger partial charge in [0, 0.05) is 16.5 Å². The number of carbonyl (C=O) groups is 2. The number of hydrogen-bond acceptors (Lipinski definition) is 5. The summed E-state index contributed by atoms with van der Waals surface area (Å²) in [6.07, 6.45) is 0. The summed E-state index contributed by atoms with van der Waals surface area (Å²) in [5.74, 6) is -1.16. The van der Waals surface area contributed by atoms with Crippen LogP contribution >= 0.6 is 0 Å². The van der Waals surface area contributed by atoms with Crippen molar-refractivity contribution < 1.29 is 24.2 Å². The summed E-state index contributed by atoms with van der Waals surface area (Å²) in [5, 5.41) is 10.4. The molecule has 0 aliphatic rings. The SMILES string of the molecule is COC(=O)c1cc(C(=O)OC)c2c(CO)c(-c3ccccc3)[nH]c2c1. The lowest BCUT2D eigenvalue weighted by molar-refractivity contribution is 0.0600. The zero-order valence-electron chi connectivity index (χ0n) is 13.8. The number of aliphatic hydroxyl groups is 1. The van der Waals surface area contributed by atoms with Crippen molar-refractivity contribution in [3.63, 3.8) is 0 Å². The number of ether oxygens (including phenoxy) is 2. The first-order valence-electron chi connectivity index (χ1n) is 7.62. The van der Waals surface area contributed by atoms with Gasteiger partial charge in [0.1, 0.15) is 0 Å². The van der Waals surface area contributed by atoms with Gasteiger partial charge in [-0.1, -0.05) is 30.3 Å². The van der Waals surface area contributed by atoms with E-state index in [0.29, 0.717) is 22.2 Å². The lowest BCUT2D eigenvalue weighted by atomic mass is 10.00. The van der Waals surface area contributed by atoms with Crippen molar-refractivity contribution in [2.75, 3.05) is 14.2 Å². The van der Waals surface area contributed by atoms with E-state index in [1.807, 2.05) is 30.3 Å². The van der Waals surface area contributed by atoms with Gasteiger partial charge >= 0.3 is 11.9 Å². The third-order valence-corrected chi connectivity index (χ3v) is 4.05. The Morgan fingerprint density at radius 3 is 2.32 bits per heavy atom. The van der Waals surface area contributed by atoms with Crippen LogP contribution in [0.3, 0.4) is 0 Å². The Balaban J connectivity index is 2.36. The summed E-state index contributed by atoms with van der Waals surface area (Å²) < 4.78 is 9.59. The van der Waals surface area contributed by atoms with Crippen LogP contribution in [0.2, 0.25) is 0 Å². The van der Waals surface area contributed by atoms with Crippen LogP contribution in [0.1, 0.15) is 26.3 Å². The van der Waals surface area contributed by atoms with Crippen molar-refractivity contribution >= 4 is 22.8 Å². The smallest absolute Gasteiger partial charge is 0.338 e. The Morgan fingerprint density at radius 1 is 1.04 bits per heavy atom. The van der Waals surface area contributed by atoms with Gasteiger partial charge in [-0.3, -0.25) is 0 Å². The van der Waals surface area contributed by atoms with Crippen molar-refractivity contribution in [2.24, 2.45) is 0 Å². The van der Waals surface area contributed by atoms with E-state index in [4.69, 9.17) is 9.47 Å². The third kappa shape index (κ3) is 2.88. The fraction of sp³-hybridized carbons (Fsp3) is 0.158. The van der Waals surface area contributed by atoms with Crippen LogP contribution < -0.4 is 0 Å². The second-order valence-corrected chi connectivity index (χ2v) is 5.43. The van der Waals surface area contributed by atoms with Gasteiger partial charge in [0.2, 0.25) is 0 Å². The number of benzene rings is 2. The van der Waals surface area contributed by atoms with E-state index in [2.05, 4.69) is 4.98 Å². The van der Waals surface area contributed by atoms with Gasteiger partial charge < -0.3 is 19.6 Å². The molecule has 0 fully saturated rings. The first-order chi connectivity index (χ1) is 12.1. The molecule has 0 unspecified atom stereocenters. The molecule has 0 spiro atoms. The minimum Gasteiger partial charge on any atom is -0.465 e. The summed E-state index contributed by atoms with van der Waals surface area (Å²) in [5.41, 5.74) is 3.08. The number of fused-ring (bicyclic) bond motifs is 1. The predicted molar refractivity (Wildman–Crippen MR) is 92.3 cm³/mol. The topological polar surface area (TPSA) is 88.6 Å². The van der Waals surface area contributed by atoms with Crippen molar-refractivity contribution in [2.45, 2.75) is 6.61 Å². The average molecular weight is 339 g/mol. The molecule has 2 aromatic carbocycles. The average Bonchev–Trinajstić information content (AvgIpc) is 3.05. The molecule has 0 aliphatic carbocycles. The van der Waals surface area contributed by atoms with E-state index >= 15 is 0 Å². The number of aromatic amines is 1. The molecule has 0 amide bonds. The van der Waals surface area contributed by atoms with Crippen LogP contribution in [0.5, 0.6) is 0 Å². The second-order valence-electron chi connectivity index (χ2n) is 5.43. The lowest BCUT2D eigenvalue weighted by Crippen LogP contribution is -2.07.